The van der Waals surface area contributed by atoms with Crippen molar-refractivity contribution in [3.63, 3.8) is 0 Å². The topological polar surface area (TPSA) is 90.9 Å². The first-order valence-corrected chi connectivity index (χ1v) is 12.5. The van der Waals surface area contributed by atoms with Crippen molar-refractivity contribution in [3.05, 3.63) is 81.0 Å². The van der Waals surface area contributed by atoms with Crippen LogP contribution < -0.4 is 16.4 Å². The predicted octanol–water partition coefficient (Wildman–Crippen LogP) is 3.44. The van der Waals surface area contributed by atoms with Gasteiger partial charge in [0.2, 0.25) is 5.91 Å². The van der Waals surface area contributed by atoms with Crippen molar-refractivity contribution in [1.82, 2.24) is 24.2 Å². The molecular formula is C26H29N5O3S. The van der Waals surface area contributed by atoms with Gasteiger partial charge in [0.05, 0.1) is 28.0 Å². The van der Waals surface area contributed by atoms with Crippen molar-refractivity contribution in [3.8, 4) is 11.4 Å². The van der Waals surface area contributed by atoms with E-state index in [2.05, 4.69) is 10.3 Å². The number of thioether (sulfide) groups is 1. The number of benzene rings is 2. The van der Waals surface area contributed by atoms with Crippen molar-refractivity contribution < 1.29 is 4.79 Å². The van der Waals surface area contributed by atoms with Crippen LogP contribution in [0, 0.1) is 12.8 Å². The largest absolute Gasteiger partial charge is 0.353 e. The number of carbonyl (C=O) groups is 1. The summed E-state index contributed by atoms with van der Waals surface area (Å²) in [5.41, 5.74) is 1.35. The number of amides is 1. The standard InChI is InChI=1S/C26H29N5O3S/c1-16(2)17(3)27-22(32)15-35-26-28-21-14-10-9-13-20(21)24(33)30(26)23-18(4)29(5)31(25(23)34)19-11-7-6-8-12-19/h6-14,16-17H,15H2,1-5H3,(H,27,32)/t17-/m0/s1. The van der Waals surface area contributed by atoms with Crippen LogP contribution in [0.2, 0.25) is 0 Å². The Balaban J connectivity index is 1.87. The van der Waals surface area contributed by atoms with Crippen molar-refractivity contribution in [2.45, 2.75) is 38.9 Å². The molecular weight excluding hydrogens is 462 g/mol. The van der Waals surface area contributed by atoms with Crippen LogP contribution in [-0.4, -0.2) is 36.6 Å². The number of carbonyl (C=O) groups excluding carboxylic acids is 1. The summed E-state index contributed by atoms with van der Waals surface area (Å²) in [7, 11) is 1.78. The van der Waals surface area contributed by atoms with Crippen LogP contribution in [-0.2, 0) is 11.8 Å². The van der Waals surface area contributed by atoms with Crippen LogP contribution in [0.5, 0.6) is 0 Å². The van der Waals surface area contributed by atoms with Gasteiger partial charge in [-0.25, -0.2) is 14.2 Å². The van der Waals surface area contributed by atoms with E-state index >= 15 is 0 Å². The summed E-state index contributed by atoms with van der Waals surface area (Å²) in [5, 5.41) is 3.68. The smallest absolute Gasteiger partial charge is 0.296 e. The highest BCUT2D eigenvalue weighted by Crippen LogP contribution is 2.22. The quantitative estimate of drug-likeness (QED) is 0.316. The molecule has 0 spiro atoms. The summed E-state index contributed by atoms with van der Waals surface area (Å²) in [5.74, 6) is 0.210. The molecule has 0 aliphatic rings. The molecule has 0 aliphatic heterocycles. The molecule has 0 unspecified atom stereocenters. The maximum absolute atomic E-state index is 13.7. The predicted molar refractivity (Wildman–Crippen MR) is 140 cm³/mol. The van der Waals surface area contributed by atoms with E-state index in [0.29, 0.717) is 33.4 Å². The van der Waals surface area contributed by atoms with Gasteiger partial charge in [0.25, 0.3) is 11.1 Å². The molecule has 2 heterocycles. The third-order valence-electron chi connectivity index (χ3n) is 6.21. The molecule has 0 aliphatic carbocycles. The van der Waals surface area contributed by atoms with E-state index in [-0.39, 0.29) is 34.5 Å². The van der Waals surface area contributed by atoms with E-state index < -0.39 is 0 Å². The van der Waals surface area contributed by atoms with Crippen LogP contribution in [0.1, 0.15) is 26.5 Å². The Morgan fingerprint density at radius 3 is 2.34 bits per heavy atom. The van der Waals surface area contributed by atoms with Crippen molar-refractivity contribution >= 4 is 28.6 Å². The highest BCUT2D eigenvalue weighted by Gasteiger charge is 2.24. The lowest BCUT2D eigenvalue weighted by Crippen LogP contribution is -2.37. The highest BCUT2D eigenvalue weighted by molar-refractivity contribution is 7.99. The lowest BCUT2D eigenvalue weighted by atomic mass is 10.1. The number of aromatic nitrogens is 4. The summed E-state index contributed by atoms with van der Waals surface area (Å²) in [6.45, 7) is 7.83. The number of hydrogen-bond acceptors (Lipinski definition) is 5. The molecule has 182 valence electrons. The first kappa shape index (κ1) is 24.5. The number of fused-ring (bicyclic) bond motifs is 1. The fraction of sp³-hybridized carbons (Fsp3) is 0.308. The summed E-state index contributed by atoms with van der Waals surface area (Å²) in [6, 6.07) is 16.3. The minimum atomic E-state index is -0.347. The molecule has 1 amide bonds. The summed E-state index contributed by atoms with van der Waals surface area (Å²) < 4.78 is 4.60. The average Bonchev–Trinajstić information content (AvgIpc) is 3.06. The second kappa shape index (κ2) is 9.95. The molecule has 2 aromatic carbocycles. The molecule has 0 bridgehead atoms. The summed E-state index contributed by atoms with van der Waals surface area (Å²) in [4.78, 5) is 44.6. The Hall–Kier alpha value is -3.59. The number of nitrogens with one attached hydrogen (secondary N) is 1. The molecule has 1 atom stereocenters. The van der Waals surface area contributed by atoms with Gasteiger partial charge in [-0.05, 0) is 44.0 Å². The van der Waals surface area contributed by atoms with Crippen LogP contribution in [0.25, 0.3) is 22.3 Å². The van der Waals surface area contributed by atoms with Crippen molar-refractivity contribution in [2.24, 2.45) is 13.0 Å². The van der Waals surface area contributed by atoms with Crippen LogP contribution >= 0.6 is 11.8 Å². The Bertz CT molecular complexity index is 1500. The third kappa shape index (κ3) is 4.68. The SMILES string of the molecule is Cc1c(-n2c(SCC(=O)N[C@@H](C)C(C)C)nc3ccccc3c2=O)c(=O)n(-c2ccccc2)n1C. The Kier molecular flexibility index (Phi) is 6.98. The maximum atomic E-state index is 13.7. The third-order valence-corrected chi connectivity index (χ3v) is 7.15. The van der Waals surface area contributed by atoms with E-state index in [9.17, 15) is 14.4 Å². The first-order valence-electron chi connectivity index (χ1n) is 11.5. The molecule has 8 nitrogen and oxygen atoms in total. The Labute approximate surface area is 207 Å². The van der Waals surface area contributed by atoms with Gasteiger partial charge < -0.3 is 5.32 Å². The Morgan fingerprint density at radius 2 is 1.66 bits per heavy atom. The highest BCUT2D eigenvalue weighted by atomic mass is 32.2. The van der Waals surface area contributed by atoms with Crippen LogP contribution in [0.3, 0.4) is 0 Å². The summed E-state index contributed by atoms with van der Waals surface area (Å²) in [6.07, 6.45) is 0. The lowest BCUT2D eigenvalue weighted by Gasteiger charge is -2.17. The van der Waals surface area contributed by atoms with Crippen LogP contribution in [0.15, 0.2) is 69.3 Å². The minimum absolute atomic E-state index is 0.0179. The fourth-order valence-corrected chi connectivity index (χ4v) is 4.62. The summed E-state index contributed by atoms with van der Waals surface area (Å²) >= 11 is 1.14. The Morgan fingerprint density at radius 1 is 1.00 bits per heavy atom. The van der Waals surface area contributed by atoms with Gasteiger partial charge >= 0.3 is 0 Å². The normalized spacial score (nSPS) is 12.3. The van der Waals surface area contributed by atoms with E-state index in [1.54, 1.807) is 42.9 Å². The van der Waals surface area contributed by atoms with Crippen molar-refractivity contribution in [1.29, 1.82) is 0 Å². The maximum Gasteiger partial charge on any atom is 0.296 e. The lowest BCUT2D eigenvalue weighted by molar-refractivity contribution is -0.119. The molecule has 0 saturated heterocycles. The second-order valence-corrected chi connectivity index (χ2v) is 9.79. The van der Waals surface area contributed by atoms with Gasteiger partial charge in [-0.15, -0.1) is 0 Å². The number of hydrogen-bond donors (Lipinski definition) is 1. The van der Waals surface area contributed by atoms with E-state index in [1.807, 2.05) is 51.1 Å². The molecule has 4 aromatic rings. The van der Waals surface area contributed by atoms with E-state index in [0.717, 1.165) is 11.8 Å². The van der Waals surface area contributed by atoms with Gasteiger partial charge in [-0.2, -0.15) is 0 Å². The van der Waals surface area contributed by atoms with Gasteiger partial charge in [-0.3, -0.25) is 19.1 Å². The molecule has 9 heteroatoms. The zero-order chi connectivity index (χ0) is 25.3. The zero-order valence-electron chi connectivity index (χ0n) is 20.5. The average molecular weight is 492 g/mol. The monoisotopic (exact) mass is 491 g/mol. The van der Waals surface area contributed by atoms with Gasteiger partial charge in [0.1, 0.15) is 5.69 Å². The fourth-order valence-electron chi connectivity index (χ4n) is 3.81. The number of para-hydroxylation sites is 2. The van der Waals surface area contributed by atoms with Gasteiger partial charge in [-0.1, -0.05) is 55.9 Å². The molecule has 0 radical (unpaired) electrons. The molecule has 35 heavy (non-hydrogen) atoms. The van der Waals surface area contributed by atoms with E-state index in [4.69, 9.17) is 0 Å². The second-order valence-electron chi connectivity index (χ2n) is 8.85. The van der Waals surface area contributed by atoms with Gasteiger partial charge in [0, 0.05) is 13.1 Å². The van der Waals surface area contributed by atoms with Crippen LogP contribution in [0.4, 0.5) is 0 Å². The van der Waals surface area contributed by atoms with Gasteiger partial charge in [0.15, 0.2) is 5.16 Å². The zero-order valence-corrected chi connectivity index (χ0v) is 21.3. The van der Waals surface area contributed by atoms with Crippen molar-refractivity contribution in [2.75, 3.05) is 5.75 Å². The molecule has 4 rings (SSSR count). The number of rotatable bonds is 7. The number of nitrogens with zero attached hydrogens (tertiary/aromatic N) is 4. The molecule has 0 fully saturated rings. The first-order chi connectivity index (χ1) is 16.7. The molecule has 2 aromatic heterocycles. The minimum Gasteiger partial charge on any atom is -0.353 e. The van der Waals surface area contributed by atoms with E-state index in [1.165, 1.54) is 9.25 Å². The molecule has 1 N–H and O–H groups in total. The molecule has 0 saturated carbocycles.